The van der Waals surface area contributed by atoms with E-state index in [1.807, 2.05) is 18.2 Å². The Morgan fingerprint density at radius 2 is 1.75 bits per heavy atom. The zero-order chi connectivity index (χ0) is 17.5. The summed E-state index contributed by atoms with van der Waals surface area (Å²) in [6.45, 7) is -0.206. The number of alkyl carbamates (subject to hydrolysis) is 1. The summed E-state index contributed by atoms with van der Waals surface area (Å²) in [5.74, 6) is -0.926. The number of nitrogens with one attached hydrogen (secondary N) is 1. The first kappa shape index (κ1) is 17.6. The molecule has 0 aliphatic rings. The molecule has 128 valence electrons. The number of carbonyl (C=O) groups is 1. The minimum Gasteiger partial charge on any atom is -0.504 e. The molecule has 2 unspecified atom stereocenters. The van der Waals surface area contributed by atoms with E-state index in [4.69, 9.17) is 4.74 Å². The number of aliphatic hydroxyl groups is 2. The van der Waals surface area contributed by atoms with Crippen molar-refractivity contribution in [1.29, 1.82) is 0 Å². The van der Waals surface area contributed by atoms with Gasteiger partial charge in [0.25, 0.3) is 0 Å². The molecule has 0 radical (unpaired) electrons. The van der Waals surface area contributed by atoms with Crippen LogP contribution in [-0.2, 0) is 11.3 Å². The smallest absolute Gasteiger partial charge is 0.407 e. The fraction of sp³-hybridized carbons (Fsp3) is 0.235. The molecule has 0 heterocycles. The van der Waals surface area contributed by atoms with E-state index in [1.165, 1.54) is 18.2 Å². The Morgan fingerprint density at radius 3 is 2.46 bits per heavy atom. The summed E-state index contributed by atoms with van der Waals surface area (Å²) in [7, 11) is 0. The minimum absolute atomic E-state index is 0.0399. The molecule has 0 saturated heterocycles. The third-order valence-electron chi connectivity index (χ3n) is 3.40. The molecule has 2 rings (SSSR count). The molecule has 0 spiro atoms. The molecule has 1 amide bonds. The molecule has 2 aromatic rings. The van der Waals surface area contributed by atoms with E-state index in [2.05, 4.69) is 5.32 Å². The fourth-order valence-electron chi connectivity index (χ4n) is 2.07. The number of ether oxygens (including phenoxy) is 1. The van der Waals surface area contributed by atoms with Gasteiger partial charge in [-0.15, -0.1) is 0 Å². The van der Waals surface area contributed by atoms with Gasteiger partial charge in [-0.05, 0) is 11.6 Å². The Labute approximate surface area is 138 Å². The second-order valence-corrected chi connectivity index (χ2v) is 5.17. The van der Waals surface area contributed by atoms with Crippen molar-refractivity contribution in [3.05, 3.63) is 59.7 Å². The molecule has 0 aromatic heterocycles. The number of aliphatic hydroxyl groups excluding tert-OH is 2. The van der Waals surface area contributed by atoms with Crippen LogP contribution < -0.4 is 5.32 Å². The molecule has 0 saturated carbocycles. The molecular formula is C17H19NO6. The van der Waals surface area contributed by atoms with E-state index in [0.717, 1.165) is 5.56 Å². The van der Waals surface area contributed by atoms with E-state index in [1.54, 1.807) is 12.1 Å². The Hall–Kier alpha value is -2.77. The summed E-state index contributed by atoms with van der Waals surface area (Å²) in [5, 5.41) is 41.3. The first-order valence-electron chi connectivity index (χ1n) is 7.30. The van der Waals surface area contributed by atoms with Crippen molar-refractivity contribution >= 4 is 6.09 Å². The third kappa shape index (κ3) is 4.61. The van der Waals surface area contributed by atoms with Gasteiger partial charge in [-0.25, -0.2) is 4.79 Å². The van der Waals surface area contributed by atoms with Gasteiger partial charge in [0.05, 0.1) is 0 Å². The monoisotopic (exact) mass is 333 g/mol. The van der Waals surface area contributed by atoms with Gasteiger partial charge in [-0.1, -0.05) is 42.5 Å². The van der Waals surface area contributed by atoms with Gasteiger partial charge in [0.2, 0.25) is 0 Å². The van der Waals surface area contributed by atoms with Crippen LogP contribution in [0.5, 0.6) is 11.5 Å². The number of phenols is 2. The lowest BCUT2D eigenvalue weighted by Gasteiger charge is -2.19. The van der Waals surface area contributed by atoms with Gasteiger partial charge < -0.3 is 30.5 Å². The minimum atomic E-state index is -1.48. The predicted molar refractivity (Wildman–Crippen MR) is 85.4 cm³/mol. The summed E-state index contributed by atoms with van der Waals surface area (Å²) in [5.41, 5.74) is 0.778. The molecule has 0 aliphatic heterocycles. The number of hydrogen-bond donors (Lipinski definition) is 5. The Balaban J connectivity index is 1.82. The molecular weight excluding hydrogens is 314 g/mol. The number of rotatable bonds is 6. The van der Waals surface area contributed by atoms with Crippen molar-refractivity contribution in [2.45, 2.75) is 18.8 Å². The van der Waals surface area contributed by atoms with Crippen LogP contribution in [0.4, 0.5) is 4.79 Å². The predicted octanol–water partition coefficient (Wildman–Crippen LogP) is 1.42. The highest BCUT2D eigenvalue weighted by atomic mass is 16.5. The van der Waals surface area contributed by atoms with Crippen LogP contribution in [0.2, 0.25) is 0 Å². The molecule has 7 nitrogen and oxygen atoms in total. The Morgan fingerprint density at radius 1 is 1.04 bits per heavy atom. The summed E-state index contributed by atoms with van der Waals surface area (Å²) in [4.78, 5) is 11.6. The van der Waals surface area contributed by atoms with E-state index in [-0.39, 0.29) is 18.7 Å². The second kappa shape index (κ2) is 8.19. The van der Waals surface area contributed by atoms with Crippen LogP contribution in [0, 0.1) is 0 Å². The van der Waals surface area contributed by atoms with Gasteiger partial charge >= 0.3 is 6.09 Å². The second-order valence-electron chi connectivity index (χ2n) is 5.17. The largest absolute Gasteiger partial charge is 0.504 e. The van der Waals surface area contributed by atoms with Crippen LogP contribution >= 0.6 is 0 Å². The fourth-order valence-corrected chi connectivity index (χ4v) is 2.07. The van der Waals surface area contributed by atoms with Crippen LogP contribution in [0.3, 0.4) is 0 Å². The molecule has 7 heteroatoms. The summed E-state index contributed by atoms with van der Waals surface area (Å²) in [6, 6.07) is 13.1. The molecule has 0 fully saturated rings. The summed E-state index contributed by atoms with van der Waals surface area (Å²) in [6.07, 6.45) is -3.61. The van der Waals surface area contributed by atoms with Crippen LogP contribution in [-0.4, -0.2) is 39.2 Å². The van der Waals surface area contributed by atoms with Crippen molar-refractivity contribution in [2.24, 2.45) is 0 Å². The maximum atomic E-state index is 11.6. The molecule has 0 aliphatic carbocycles. The number of phenolic OH excluding ortho intramolecular Hbond substituents is 2. The molecule has 0 bridgehead atoms. The number of para-hydroxylation sites is 1. The normalized spacial score (nSPS) is 13.1. The lowest BCUT2D eigenvalue weighted by Crippen LogP contribution is -2.35. The average Bonchev–Trinajstić information content (AvgIpc) is 2.60. The molecule has 2 atom stereocenters. The van der Waals surface area contributed by atoms with Crippen molar-refractivity contribution in [2.75, 3.05) is 6.54 Å². The van der Waals surface area contributed by atoms with Crippen molar-refractivity contribution in [3.8, 4) is 11.5 Å². The maximum Gasteiger partial charge on any atom is 0.407 e. The Bertz CT molecular complexity index is 676. The quantitative estimate of drug-likeness (QED) is 0.510. The number of hydrogen-bond acceptors (Lipinski definition) is 6. The first-order chi connectivity index (χ1) is 11.5. The van der Waals surface area contributed by atoms with Gasteiger partial charge in [0, 0.05) is 12.1 Å². The van der Waals surface area contributed by atoms with Crippen LogP contribution in [0.1, 0.15) is 17.2 Å². The maximum absolute atomic E-state index is 11.6. The lowest BCUT2D eigenvalue weighted by atomic mass is 10.0. The van der Waals surface area contributed by atoms with Crippen molar-refractivity contribution < 1.29 is 30.0 Å². The third-order valence-corrected chi connectivity index (χ3v) is 3.40. The Kier molecular flexibility index (Phi) is 6.00. The van der Waals surface area contributed by atoms with E-state index < -0.39 is 29.8 Å². The van der Waals surface area contributed by atoms with E-state index >= 15 is 0 Å². The number of benzene rings is 2. The summed E-state index contributed by atoms with van der Waals surface area (Å²) >= 11 is 0. The highest BCUT2D eigenvalue weighted by Gasteiger charge is 2.23. The van der Waals surface area contributed by atoms with Crippen LogP contribution in [0.15, 0.2) is 48.5 Å². The highest BCUT2D eigenvalue weighted by Crippen LogP contribution is 2.33. The standard InChI is InChI=1S/C17H19NO6/c19-13-8-4-7-12(15(13)21)16(22)14(20)9-18-17(23)24-10-11-5-2-1-3-6-11/h1-8,14,16,19-22H,9-10H2,(H,18,23). The van der Waals surface area contributed by atoms with Gasteiger partial charge in [-0.2, -0.15) is 0 Å². The van der Waals surface area contributed by atoms with Gasteiger partial charge in [0.1, 0.15) is 18.8 Å². The molecule has 5 N–H and O–H groups in total. The SMILES string of the molecule is O=C(NCC(O)C(O)c1cccc(O)c1O)OCc1ccccc1. The molecule has 24 heavy (non-hydrogen) atoms. The number of aromatic hydroxyl groups is 2. The lowest BCUT2D eigenvalue weighted by molar-refractivity contribution is 0.0169. The van der Waals surface area contributed by atoms with Crippen molar-refractivity contribution in [1.82, 2.24) is 5.32 Å². The number of amides is 1. The van der Waals surface area contributed by atoms with Gasteiger partial charge in [0.15, 0.2) is 11.5 Å². The van der Waals surface area contributed by atoms with Crippen molar-refractivity contribution in [3.63, 3.8) is 0 Å². The van der Waals surface area contributed by atoms with Crippen LogP contribution in [0.25, 0.3) is 0 Å². The summed E-state index contributed by atoms with van der Waals surface area (Å²) < 4.78 is 4.97. The first-order valence-corrected chi connectivity index (χ1v) is 7.30. The zero-order valence-electron chi connectivity index (χ0n) is 12.8. The number of carbonyl (C=O) groups excluding carboxylic acids is 1. The highest BCUT2D eigenvalue weighted by molar-refractivity contribution is 5.67. The molecule has 2 aromatic carbocycles. The van der Waals surface area contributed by atoms with E-state index in [9.17, 15) is 25.2 Å². The van der Waals surface area contributed by atoms with Gasteiger partial charge in [-0.3, -0.25) is 0 Å². The zero-order valence-corrected chi connectivity index (χ0v) is 12.8. The van der Waals surface area contributed by atoms with E-state index in [0.29, 0.717) is 0 Å². The average molecular weight is 333 g/mol. The topological polar surface area (TPSA) is 119 Å².